The quantitative estimate of drug-likeness (QED) is 0.167. The van der Waals surface area contributed by atoms with Crippen LogP contribution in [0.25, 0.3) is 16.8 Å². The minimum Gasteiger partial charge on any atom is -0.485 e. The van der Waals surface area contributed by atoms with E-state index in [4.69, 9.17) is 18.9 Å². The van der Waals surface area contributed by atoms with E-state index < -0.39 is 11.9 Å². The molecule has 7 nitrogen and oxygen atoms in total. The maximum absolute atomic E-state index is 12.6. The Kier molecular flexibility index (Phi) is 8.56. The van der Waals surface area contributed by atoms with Crippen LogP contribution in [-0.2, 0) is 19.1 Å². The van der Waals surface area contributed by atoms with E-state index in [-0.39, 0.29) is 19.2 Å². The summed E-state index contributed by atoms with van der Waals surface area (Å²) in [5.74, 6) is 0.220. The SMILES string of the molecule is C=CC(=O)COc1ccc(/C=C(\C)C(=O)Oc2ccc3cc(OCOC(=O)C=C)ccc3c2)cc1. The number of carbonyl (C=O) groups is 3. The molecule has 178 valence electrons. The van der Waals surface area contributed by atoms with Gasteiger partial charge < -0.3 is 18.9 Å². The molecule has 0 heterocycles. The van der Waals surface area contributed by atoms with Crippen LogP contribution >= 0.6 is 0 Å². The summed E-state index contributed by atoms with van der Waals surface area (Å²) in [7, 11) is 0. The molecule has 0 bridgehead atoms. The number of hydrogen-bond donors (Lipinski definition) is 0. The first-order valence-corrected chi connectivity index (χ1v) is 10.6. The molecule has 0 aliphatic carbocycles. The molecule has 0 amide bonds. The molecule has 0 atom stereocenters. The molecule has 0 saturated carbocycles. The number of rotatable bonds is 11. The fourth-order valence-corrected chi connectivity index (χ4v) is 2.94. The Morgan fingerprint density at radius 2 is 1.43 bits per heavy atom. The lowest BCUT2D eigenvalue weighted by Gasteiger charge is -2.09. The maximum atomic E-state index is 12.6. The number of carbonyl (C=O) groups excluding carboxylic acids is 3. The van der Waals surface area contributed by atoms with E-state index in [0.717, 1.165) is 22.4 Å². The van der Waals surface area contributed by atoms with E-state index in [9.17, 15) is 14.4 Å². The number of hydrogen-bond acceptors (Lipinski definition) is 7. The summed E-state index contributed by atoms with van der Waals surface area (Å²) in [6.45, 7) is 8.09. The first-order chi connectivity index (χ1) is 16.9. The molecule has 0 saturated heterocycles. The zero-order valence-electron chi connectivity index (χ0n) is 19.2. The molecular weight excluding hydrogens is 448 g/mol. The van der Waals surface area contributed by atoms with Crippen LogP contribution in [0.2, 0.25) is 0 Å². The number of ether oxygens (including phenoxy) is 4. The smallest absolute Gasteiger partial charge is 0.339 e. The Hall–Kier alpha value is -4.65. The first-order valence-electron chi connectivity index (χ1n) is 10.6. The van der Waals surface area contributed by atoms with Crippen molar-refractivity contribution in [3.05, 3.63) is 97.1 Å². The van der Waals surface area contributed by atoms with Gasteiger partial charge in [0.1, 0.15) is 17.2 Å². The number of ketones is 1. The molecule has 0 aromatic heterocycles. The summed E-state index contributed by atoms with van der Waals surface area (Å²) in [5.41, 5.74) is 1.20. The Balaban J connectivity index is 1.60. The van der Waals surface area contributed by atoms with Gasteiger partial charge in [-0.1, -0.05) is 37.4 Å². The predicted octanol–water partition coefficient (Wildman–Crippen LogP) is 5.05. The van der Waals surface area contributed by atoms with Crippen LogP contribution in [-0.4, -0.2) is 31.1 Å². The van der Waals surface area contributed by atoms with Gasteiger partial charge in [-0.05, 0) is 71.8 Å². The molecule has 3 aromatic rings. The lowest BCUT2D eigenvalue weighted by Crippen LogP contribution is -2.09. The van der Waals surface area contributed by atoms with Gasteiger partial charge in [-0.25, -0.2) is 9.59 Å². The topological polar surface area (TPSA) is 88.1 Å². The summed E-state index contributed by atoms with van der Waals surface area (Å²) in [5, 5.41) is 1.71. The van der Waals surface area contributed by atoms with Gasteiger partial charge >= 0.3 is 11.9 Å². The molecule has 35 heavy (non-hydrogen) atoms. The maximum Gasteiger partial charge on any atom is 0.339 e. The average molecular weight is 472 g/mol. The van der Waals surface area contributed by atoms with E-state index in [1.807, 2.05) is 6.07 Å². The summed E-state index contributed by atoms with van der Waals surface area (Å²) in [6, 6.07) is 17.5. The lowest BCUT2D eigenvalue weighted by molar-refractivity contribution is -0.144. The fourth-order valence-electron chi connectivity index (χ4n) is 2.94. The van der Waals surface area contributed by atoms with Gasteiger partial charge in [-0.3, -0.25) is 4.79 Å². The van der Waals surface area contributed by atoms with Gasteiger partial charge in [0, 0.05) is 11.6 Å². The van der Waals surface area contributed by atoms with Crippen molar-refractivity contribution >= 4 is 34.6 Å². The largest absolute Gasteiger partial charge is 0.485 e. The number of fused-ring (bicyclic) bond motifs is 1. The molecule has 0 spiro atoms. The van der Waals surface area contributed by atoms with E-state index in [2.05, 4.69) is 13.2 Å². The minimum atomic E-state index is -0.565. The summed E-state index contributed by atoms with van der Waals surface area (Å²) >= 11 is 0. The normalized spacial score (nSPS) is 10.8. The second-order valence-electron chi connectivity index (χ2n) is 7.35. The van der Waals surface area contributed by atoms with Crippen LogP contribution < -0.4 is 14.2 Å². The number of benzene rings is 3. The second kappa shape index (κ2) is 12.0. The van der Waals surface area contributed by atoms with Crippen LogP contribution in [0, 0.1) is 0 Å². The predicted molar refractivity (Wildman–Crippen MR) is 132 cm³/mol. The van der Waals surface area contributed by atoms with Crippen LogP contribution in [0.4, 0.5) is 0 Å². The Labute approximate surface area is 202 Å². The molecule has 3 aromatic carbocycles. The van der Waals surface area contributed by atoms with E-state index >= 15 is 0 Å². The molecule has 0 N–H and O–H groups in total. The number of esters is 2. The molecule has 0 aliphatic rings. The zero-order chi connectivity index (χ0) is 25.2. The van der Waals surface area contributed by atoms with E-state index in [1.165, 1.54) is 6.08 Å². The third-order valence-electron chi connectivity index (χ3n) is 4.78. The van der Waals surface area contributed by atoms with Gasteiger partial charge in [0.15, 0.2) is 12.4 Å². The van der Waals surface area contributed by atoms with E-state index in [1.54, 1.807) is 67.6 Å². The highest BCUT2D eigenvalue weighted by Crippen LogP contribution is 2.26. The highest BCUT2D eigenvalue weighted by molar-refractivity contribution is 5.95. The van der Waals surface area contributed by atoms with Crippen LogP contribution in [0.15, 0.2) is 91.5 Å². The summed E-state index contributed by atoms with van der Waals surface area (Å²) in [6.07, 6.45) is 3.97. The summed E-state index contributed by atoms with van der Waals surface area (Å²) in [4.78, 5) is 34.9. The van der Waals surface area contributed by atoms with Crippen LogP contribution in [0.5, 0.6) is 17.2 Å². The van der Waals surface area contributed by atoms with E-state index in [0.29, 0.717) is 22.8 Å². The standard InChI is InChI=1S/C28H24O7/c1-4-23(29)17-32-24-10-6-20(7-11-24)14-19(3)28(31)35-26-13-9-21-15-25(12-8-22(21)16-26)33-18-34-27(30)5-2/h4-16H,1-2,17-18H2,3H3/b19-14+. The lowest BCUT2D eigenvalue weighted by atomic mass is 10.1. The Morgan fingerprint density at radius 3 is 2.09 bits per heavy atom. The van der Waals surface area contributed by atoms with Gasteiger partial charge in [0.2, 0.25) is 6.79 Å². The van der Waals surface area contributed by atoms with Crippen molar-refractivity contribution in [2.75, 3.05) is 13.4 Å². The monoisotopic (exact) mass is 472 g/mol. The van der Waals surface area contributed by atoms with Gasteiger partial charge in [0.05, 0.1) is 0 Å². The molecule has 0 radical (unpaired) electrons. The third kappa shape index (κ3) is 7.43. The first kappa shape index (κ1) is 25.0. The molecule has 3 rings (SSSR count). The van der Waals surface area contributed by atoms with Crippen molar-refractivity contribution in [3.8, 4) is 17.2 Å². The van der Waals surface area contributed by atoms with Crippen molar-refractivity contribution in [3.63, 3.8) is 0 Å². The van der Waals surface area contributed by atoms with Gasteiger partial charge in [0.25, 0.3) is 0 Å². The molecule has 0 aliphatic heterocycles. The highest BCUT2D eigenvalue weighted by Gasteiger charge is 2.09. The van der Waals surface area contributed by atoms with Crippen molar-refractivity contribution in [1.29, 1.82) is 0 Å². The van der Waals surface area contributed by atoms with Gasteiger partial charge in [-0.2, -0.15) is 0 Å². The molecule has 0 unspecified atom stereocenters. The Morgan fingerprint density at radius 1 is 0.800 bits per heavy atom. The van der Waals surface area contributed by atoms with Crippen LogP contribution in [0.1, 0.15) is 12.5 Å². The van der Waals surface area contributed by atoms with Gasteiger partial charge in [-0.15, -0.1) is 0 Å². The molecule has 0 fully saturated rings. The average Bonchev–Trinajstić information content (AvgIpc) is 2.87. The molecule has 7 heteroatoms. The van der Waals surface area contributed by atoms with Crippen molar-refractivity contribution in [1.82, 2.24) is 0 Å². The molecular formula is C28H24O7. The summed E-state index contributed by atoms with van der Waals surface area (Å²) < 4.78 is 21.1. The zero-order valence-corrected chi connectivity index (χ0v) is 19.2. The minimum absolute atomic E-state index is 0.0741. The Bertz CT molecular complexity index is 1290. The second-order valence-corrected chi connectivity index (χ2v) is 7.35. The third-order valence-corrected chi connectivity index (χ3v) is 4.78. The van der Waals surface area contributed by atoms with Crippen LogP contribution in [0.3, 0.4) is 0 Å². The van der Waals surface area contributed by atoms with Crippen molar-refractivity contribution < 1.29 is 33.3 Å². The van der Waals surface area contributed by atoms with Crippen molar-refractivity contribution in [2.45, 2.75) is 6.92 Å². The highest BCUT2D eigenvalue weighted by atomic mass is 16.7. The fraction of sp³-hybridized carbons (Fsp3) is 0.107. The van der Waals surface area contributed by atoms with Crippen molar-refractivity contribution in [2.24, 2.45) is 0 Å².